The molecule has 2 rings (SSSR count). The molecule has 2 aromatic heterocycles. The van der Waals surface area contributed by atoms with E-state index in [9.17, 15) is 0 Å². The largest absolute Gasteiger partial charge is 0.319 e. The fourth-order valence-electron chi connectivity index (χ4n) is 1.52. The highest BCUT2D eigenvalue weighted by Gasteiger charge is 2.04. The Kier molecular flexibility index (Phi) is 2.70. The first-order valence-electron chi connectivity index (χ1n) is 4.58. The number of hydrogen-bond acceptors (Lipinski definition) is 2. The fraction of sp³-hybridized carbons (Fsp3) is 0.300. The van der Waals surface area contributed by atoms with Gasteiger partial charge < -0.3 is 5.32 Å². The van der Waals surface area contributed by atoms with Gasteiger partial charge in [0.2, 0.25) is 5.28 Å². The van der Waals surface area contributed by atoms with Gasteiger partial charge in [-0.2, -0.15) is 0 Å². The van der Waals surface area contributed by atoms with Crippen LogP contribution in [0.25, 0.3) is 5.52 Å². The van der Waals surface area contributed by atoms with Crippen molar-refractivity contribution < 1.29 is 0 Å². The molecule has 0 bridgehead atoms. The molecule has 0 atom stereocenters. The van der Waals surface area contributed by atoms with Crippen LogP contribution in [0.1, 0.15) is 5.56 Å². The molecule has 0 saturated heterocycles. The summed E-state index contributed by atoms with van der Waals surface area (Å²) in [7, 11) is 1.95. The molecule has 3 nitrogen and oxygen atoms in total. The maximum Gasteiger partial charge on any atom is 0.207 e. The molecule has 0 amide bonds. The lowest BCUT2D eigenvalue weighted by atomic mass is 10.2. The number of nitrogens with zero attached hydrogens (tertiary/aromatic N) is 2. The summed E-state index contributed by atoms with van der Waals surface area (Å²) in [4.78, 5) is 4.07. The molecule has 2 aromatic rings. The number of fused-ring (bicyclic) bond motifs is 1. The predicted molar refractivity (Wildman–Crippen MR) is 57.8 cm³/mol. The van der Waals surface area contributed by atoms with Crippen LogP contribution in [-0.4, -0.2) is 23.0 Å². The van der Waals surface area contributed by atoms with Crippen molar-refractivity contribution in [1.82, 2.24) is 14.7 Å². The number of halogens is 1. The third-order valence-corrected chi connectivity index (χ3v) is 2.54. The van der Waals surface area contributed by atoms with Crippen LogP contribution in [0.15, 0.2) is 24.5 Å². The van der Waals surface area contributed by atoms with E-state index in [4.69, 9.17) is 11.6 Å². The lowest BCUT2D eigenvalue weighted by Crippen LogP contribution is -2.10. The van der Waals surface area contributed by atoms with E-state index in [0.29, 0.717) is 5.28 Å². The van der Waals surface area contributed by atoms with Gasteiger partial charge in [-0.1, -0.05) is 6.07 Å². The molecule has 14 heavy (non-hydrogen) atoms. The van der Waals surface area contributed by atoms with Crippen molar-refractivity contribution in [3.63, 3.8) is 0 Å². The van der Waals surface area contributed by atoms with Crippen LogP contribution in [-0.2, 0) is 6.42 Å². The quantitative estimate of drug-likeness (QED) is 0.835. The molecular formula is C10H12ClN3. The van der Waals surface area contributed by atoms with Crippen LogP contribution < -0.4 is 5.32 Å². The van der Waals surface area contributed by atoms with E-state index in [2.05, 4.69) is 16.4 Å². The Morgan fingerprint density at radius 1 is 1.57 bits per heavy atom. The molecule has 0 aliphatic rings. The highest BCUT2D eigenvalue weighted by molar-refractivity contribution is 6.28. The second-order valence-electron chi connectivity index (χ2n) is 3.17. The number of hydrogen-bond donors (Lipinski definition) is 1. The lowest BCUT2D eigenvalue weighted by molar-refractivity contribution is 0.792. The number of likely N-dealkylation sites (N-methyl/N-ethyl adjacent to an activating group) is 1. The first-order valence-corrected chi connectivity index (χ1v) is 4.96. The van der Waals surface area contributed by atoms with Crippen molar-refractivity contribution >= 4 is 17.1 Å². The Labute approximate surface area is 87.7 Å². The Balaban J connectivity index is 2.44. The van der Waals surface area contributed by atoms with Gasteiger partial charge >= 0.3 is 0 Å². The summed E-state index contributed by atoms with van der Waals surface area (Å²) in [5, 5.41) is 3.64. The van der Waals surface area contributed by atoms with Crippen molar-refractivity contribution in [1.29, 1.82) is 0 Å². The molecule has 0 aliphatic heterocycles. The van der Waals surface area contributed by atoms with E-state index in [1.165, 1.54) is 5.56 Å². The van der Waals surface area contributed by atoms with Crippen molar-refractivity contribution in [2.75, 3.05) is 13.6 Å². The SMILES string of the molecule is CNCCc1cccn2c(Cl)ncc12. The molecule has 0 fully saturated rings. The summed E-state index contributed by atoms with van der Waals surface area (Å²) in [6.07, 6.45) is 4.73. The van der Waals surface area contributed by atoms with Gasteiger partial charge in [0.25, 0.3) is 0 Å². The zero-order valence-corrected chi connectivity index (χ0v) is 8.75. The summed E-state index contributed by atoms with van der Waals surface area (Å²) < 4.78 is 1.90. The maximum absolute atomic E-state index is 5.91. The van der Waals surface area contributed by atoms with Crippen molar-refractivity contribution in [2.45, 2.75) is 6.42 Å². The van der Waals surface area contributed by atoms with E-state index < -0.39 is 0 Å². The minimum atomic E-state index is 0.520. The van der Waals surface area contributed by atoms with Crippen molar-refractivity contribution in [2.24, 2.45) is 0 Å². The normalized spacial score (nSPS) is 11.0. The molecule has 0 aliphatic carbocycles. The highest BCUT2D eigenvalue weighted by Crippen LogP contribution is 2.15. The average molecular weight is 210 g/mol. The summed E-state index contributed by atoms with van der Waals surface area (Å²) >= 11 is 5.91. The van der Waals surface area contributed by atoms with Crippen LogP contribution >= 0.6 is 11.6 Å². The Morgan fingerprint density at radius 3 is 3.21 bits per heavy atom. The highest BCUT2D eigenvalue weighted by atomic mass is 35.5. The standard InChI is InChI=1S/C10H12ClN3/c1-12-5-4-8-3-2-6-14-9(8)7-13-10(14)11/h2-3,6-7,12H,4-5H2,1H3. The van der Waals surface area contributed by atoms with Gasteiger partial charge in [-0.3, -0.25) is 4.40 Å². The molecule has 0 unspecified atom stereocenters. The van der Waals surface area contributed by atoms with E-state index in [1.54, 1.807) is 0 Å². The molecule has 0 saturated carbocycles. The smallest absolute Gasteiger partial charge is 0.207 e. The first kappa shape index (κ1) is 9.49. The van der Waals surface area contributed by atoms with Gasteiger partial charge in [0.05, 0.1) is 11.7 Å². The third kappa shape index (κ3) is 1.61. The van der Waals surface area contributed by atoms with Crippen LogP contribution in [0.4, 0.5) is 0 Å². The summed E-state index contributed by atoms with van der Waals surface area (Å²) in [5.41, 5.74) is 2.36. The van der Waals surface area contributed by atoms with E-state index in [-0.39, 0.29) is 0 Å². The van der Waals surface area contributed by atoms with Crippen molar-refractivity contribution in [3.8, 4) is 0 Å². The van der Waals surface area contributed by atoms with Gasteiger partial charge in [0.1, 0.15) is 0 Å². The van der Waals surface area contributed by atoms with Crippen LogP contribution in [0.3, 0.4) is 0 Å². The monoisotopic (exact) mass is 209 g/mol. The third-order valence-electron chi connectivity index (χ3n) is 2.26. The number of rotatable bonds is 3. The molecular weight excluding hydrogens is 198 g/mol. The Hall–Kier alpha value is -1.06. The molecule has 2 heterocycles. The van der Waals surface area contributed by atoms with Gasteiger partial charge in [0, 0.05) is 6.20 Å². The van der Waals surface area contributed by atoms with E-state index >= 15 is 0 Å². The summed E-state index contributed by atoms with van der Waals surface area (Å²) in [5.74, 6) is 0. The van der Waals surface area contributed by atoms with Crippen LogP contribution in [0.5, 0.6) is 0 Å². The Bertz CT molecular complexity index is 436. The molecule has 0 spiro atoms. The zero-order chi connectivity index (χ0) is 9.97. The van der Waals surface area contributed by atoms with Gasteiger partial charge in [-0.15, -0.1) is 0 Å². The minimum Gasteiger partial charge on any atom is -0.319 e. The molecule has 4 heteroatoms. The summed E-state index contributed by atoms with van der Waals surface area (Å²) in [6.45, 7) is 0.961. The number of nitrogens with one attached hydrogen (secondary N) is 1. The first-order chi connectivity index (χ1) is 6.83. The zero-order valence-electron chi connectivity index (χ0n) is 8.00. The van der Waals surface area contributed by atoms with Gasteiger partial charge in [-0.05, 0) is 43.2 Å². The fourth-order valence-corrected chi connectivity index (χ4v) is 1.72. The van der Waals surface area contributed by atoms with E-state index in [1.807, 2.05) is 29.9 Å². The van der Waals surface area contributed by atoms with Gasteiger partial charge in [-0.25, -0.2) is 4.98 Å². The van der Waals surface area contributed by atoms with E-state index in [0.717, 1.165) is 18.5 Å². The van der Waals surface area contributed by atoms with Gasteiger partial charge in [0.15, 0.2) is 0 Å². The number of imidazole rings is 1. The van der Waals surface area contributed by atoms with Crippen LogP contribution in [0, 0.1) is 0 Å². The van der Waals surface area contributed by atoms with Crippen LogP contribution in [0.2, 0.25) is 5.28 Å². The summed E-state index contributed by atoms with van der Waals surface area (Å²) in [6, 6.07) is 4.09. The number of pyridine rings is 1. The molecule has 0 aromatic carbocycles. The van der Waals surface area contributed by atoms with Crippen molar-refractivity contribution in [3.05, 3.63) is 35.4 Å². The second-order valence-corrected chi connectivity index (χ2v) is 3.51. The predicted octanol–water partition coefficient (Wildman–Crippen LogP) is 1.75. The average Bonchev–Trinajstić information content (AvgIpc) is 2.58. The molecule has 74 valence electrons. The minimum absolute atomic E-state index is 0.520. The molecule has 1 N–H and O–H groups in total. The molecule has 0 radical (unpaired) electrons. The lowest BCUT2D eigenvalue weighted by Gasteiger charge is -2.03. The maximum atomic E-state index is 5.91. The topological polar surface area (TPSA) is 29.3 Å². The Morgan fingerprint density at radius 2 is 2.43 bits per heavy atom. The number of aromatic nitrogens is 2. The second kappa shape index (κ2) is 3.98.